The molecule has 0 amide bonds. The maximum absolute atomic E-state index is 5.92. The van der Waals surface area contributed by atoms with E-state index in [2.05, 4.69) is 15.0 Å². The molecule has 0 aliphatic rings. The summed E-state index contributed by atoms with van der Waals surface area (Å²) in [5.74, 6) is 1.00. The molecule has 0 saturated heterocycles. The molecule has 27 heavy (non-hydrogen) atoms. The second kappa shape index (κ2) is 8.31. The molecule has 3 aromatic rings. The number of nitrogens with zero attached hydrogens (tertiary/aromatic N) is 4. The molecule has 0 aliphatic heterocycles. The average Bonchev–Trinajstić information content (AvgIpc) is 3.07. The Kier molecular flexibility index (Phi) is 6.06. The molecule has 0 radical (unpaired) electrons. The number of aromatic nitrogens is 3. The average molecular weight is 408 g/mol. The van der Waals surface area contributed by atoms with Crippen molar-refractivity contribution < 1.29 is 18.0 Å². The summed E-state index contributed by atoms with van der Waals surface area (Å²) in [6.45, 7) is 1.36. The normalized spacial score (nSPS) is 11.7. The molecule has 1 aromatic carbocycles. The van der Waals surface area contributed by atoms with Crippen LogP contribution in [0.15, 0.2) is 34.7 Å². The predicted octanol–water partition coefficient (Wildman–Crippen LogP) is 4.03. The minimum absolute atomic E-state index is 0.180. The van der Waals surface area contributed by atoms with Crippen LogP contribution in [0.25, 0.3) is 22.7 Å². The van der Waals surface area contributed by atoms with E-state index in [1.807, 2.05) is 58.3 Å². The van der Waals surface area contributed by atoms with Gasteiger partial charge in [0, 0.05) is 31.5 Å². The van der Waals surface area contributed by atoms with Crippen molar-refractivity contribution in [3.8, 4) is 17.3 Å². The Morgan fingerprint density at radius 3 is 2.30 bits per heavy atom. The lowest BCUT2D eigenvalue weighted by Crippen LogP contribution is -2.13. The molecule has 2 heterocycles. The van der Waals surface area contributed by atoms with Crippen LogP contribution in [0, 0.1) is 0 Å². The van der Waals surface area contributed by atoms with E-state index in [4.69, 9.17) is 29.8 Å². The number of oxazole rings is 1. The highest BCUT2D eigenvalue weighted by Gasteiger charge is 2.26. The van der Waals surface area contributed by atoms with E-state index in [1.165, 1.54) is 0 Å². The van der Waals surface area contributed by atoms with Crippen LogP contribution in [0.4, 0.5) is 5.95 Å². The molecule has 0 spiro atoms. The largest absolute Gasteiger partial charge is 0.417 e. The standard InChI is InChI=1S/C17H21N4O4PS/c1-5-22-26(27,23-6-2)25-16-13-15(19-17(20-16)21(3)4)24-14(18-13)12-10-8-7-9-11-12/h7-11H,5-6H2,1-4H3. The summed E-state index contributed by atoms with van der Waals surface area (Å²) in [4.78, 5) is 15.1. The van der Waals surface area contributed by atoms with E-state index in [0.717, 1.165) is 5.56 Å². The van der Waals surface area contributed by atoms with Crippen molar-refractivity contribution in [2.45, 2.75) is 13.8 Å². The summed E-state index contributed by atoms with van der Waals surface area (Å²) < 4.78 is 22.9. The minimum atomic E-state index is -3.02. The molecular formula is C17H21N4O4PS. The second-order valence-electron chi connectivity index (χ2n) is 5.64. The van der Waals surface area contributed by atoms with Crippen LogP contribution < -0.4 is 9.42 Å². The first-order valence-electron chi connectivity index (χ1n) is 8.45. The maximum atomic E-state index is 5.92. The van der Waals surface area contributed by atoms with Crippen molar-refractivity contribution in [2.24, 2.45) is 0 Å². The molecule has 0 aliphatic carbocycles. The molecule has 0 atom stereocenters. The zero-order valence-corrected chi connectivity index (χ0v) is 17.3. The third-order valence-electron chi connectivity index (χ3n) is 3.41. The topological polar surface area (TPSA) is 82.7 Å². The van der Waals surface area contributed by atoms with E-state index in [9.17, 15) is 0 Å². The van der Waals surface area contributed by atoms with Gasteiger partial charge in [-0.05, 0) is 26.0 Å². The van der Waals surface area contributed by atoms with E-state index in [-0.39, 0.29) is 5.88 Å². The third-order valence-corrected chi connectivity index (χ3v) is 5.81. The summed E-state index contributed by atoms with van der Waals surface area (Å²) in [6, 6.07) is 9.53. The summed E-state index contributed by atoms with van der Waals surface area (Å²) in [5, 5.41) is 0. The number of rotatable bonds is 8. The summed E-state index contributed by atoms with van der Waals surface area (Å²) in [5.41, 5.74) is 1.49. The van der Waals surface area contributed by atoms with E-state index >= 15 is 0 Å². The molecular weight excluding hydrogens is 387 g/mol. The van der Waals surface area contributed by atoms with Crippen molar-refractivity contribution in [1.29, 1.82) is 0 Å². The van der Waals surface area contributed by atoms with Gasteiger partial charge >= 0.3 is 6.72 Å². The molecule has 0 fully saturated rings. The van der Waals surface area contributed by atoms with Crippen LogP contribution in [0.2, 0.25) is 0 Å². The van der Waals surface area contributed by atoms with Gasteiger partial charge in [0.25, 0.3) is 11.6 Å². The molecule has 0 saturated carbocycles. The van der Waals surface area contributed by atoms with Gasteiger partial charge in [-0.25, -0.2) is 4.98 Å². The van der Waals surface area contributed by atoms with Crippen LogP contribution in [0.3, 0.4) is 0 Å². The maximum Gasteiger partial charge on any atom is 0.381 e. The van der Waals surface area contributed by atoms with Gasteiger partial charge in [-0.3, -0.25) is 9.05 Å². The molecule has 3 rings (SSSR count). The molecule has 0 N–H and O–H groups in total. The van der Waals surface area contributed by atoms with Crippen molar-refractivity contribution in [3.63, 3.8) is 0 Å². The molecule has 8 nitrogen and oxygen atoms in total. The monoisotopic (exact) mass is 408 g/mol. The predicted molar refractivity (Wildman–Crippen MR) is 108 cm³/mol. The van der Waals surface area contributed by atoms with Gasteiger partial charge in [0.05, 0.1) is 13.2 Å². The first kappa shape index (κ1) is 19.7. The van der Waals surface area contributed by atoms with Gasteiger partial charge in [0.1, 0.15) is 0 Å². The number of anilines is 1. The van der Waals surface area contributed by atoms with E-state index < -0.39 is 6.72 Å². The first-order chi connectivity index (χ1) is 13.0. The van der Waals surface area contributed by atoms with Crippen LogP contribution in [0.5, 0.6) is 5.88 Å². The second-order valence-corrected chi connectivity index (χ2v) is 8.57. The highest BCUT2D eigenvalue weighted by molar-refractivity contribution is 8.07. The van der Waals surface area contributed by atoms with Crippen molar-refractivity contribution >= 4 is 35.7 Å². The fraction of sp³-hybridized carbons (Fsp3) is 0.353. The number of hydrogen-bond acceptors (Lipinski definition) is 9. The highest BCUT2D eigenvalue weighted by atomic mass is 32.5. The SMILES string of the molecule is CCOP(=S)(OCC)Oc1nc(N(C)C)nc2oc(-c3ccccc3)nc12. The van der Waals surface area contributed by atoms with Gasteiger partial charge in [0.2, 0.25) is 11.8 Å². The Balaban J connectivity index is 2.12. The lowest BCUT2D eigenvalue weighted by molar-refractivity contribution is 0.216. The molecule has 0 unspecified atom stereocenters. The Morgan fingerprint density at radius 1 is 1.04 bits per heavy atom. The van der Waals surface area contributed by atoms with Gasteiger partial charge in [0.15, 0.2) is 5.52 Å². The molecule has 2 aromatic heterocycles. The number of fused-ring (bicyclic) bond motifs is 1. The molecule has 10 heteroatoms. The van der Waals surface area contributed by atoms with Crippen LogP contribution in [-0.4, -0.2) is 42.3 Å². The van der Waals surface area contributed by atoms with E-state index in [0.29, 0.717) is 36.3 Å². The van der Waals surface area contributed by atoms with Gasteiger partial charge in [-0.15, -0.1) is 0 Å². The van der Waals surface area contributed by atoms with Crippen LogP contribution >= 0.6 is 6.72 Å². The number of benzene rings is 1. The van der Waals surface area contributed by atoms with Crippen LogP contribution in [0.1, 0.15) is 13.8 Å². The van der Waals surface area contributed by atoms with Crippen LogP contribution in [-0.2, 0) is 20.9 Å². The van der Waals surface area contributed by atoms with Gasteiger partial charge in [-0.1, -0.05) is 18.2 Å². The first-order valence-corrected chi connectivity index (χ1v) is 11.0. The highest BCUT2D eigenvalue weighted by Crippen LogP contribution is 2.50. The lowest BCUT2D eigenvalue weighted by Gasteiger charge is -2.21. The fourth-order valence-corrected chi connectivity index (χ4v) is 4.26. The Morgan fingerprint density at radius 2 is 1.70 bits per heavy atom. The number of hydrogen-bond donors (Lipinski definition) is 0. The Bertz CT molecular complexity index is 954. The smallest absolute Gasteiger partial charge is 0.381 e. The van der Waals surface area contributed by atoms with E-state index in [1.54, 1.807) is 4.90 Å². The van der Waals surface area contributed by atoms with Gasteiger partial charge in [-0.2, -0.15) is 9.97 Å². The van der Waals surface area contributed by atoms with Crippen molar-refractivity contribution in [1.82, 2.24) is 15.0 Å². The summed E-state index contributed by atoms with van der Waals surface area (Å²) in [6.07, 6.45) is 0. The third kappa shape index (κ3) is 4.44. The molecule has 144 valence electrons. The van der Waals surface area contributed by atoms with Crippen molar-refractivity contribution in [3.05, 3.63) is 30.3 Å². The zero-order valence-electron chi connectivity index (χ0n) is 15.6. The Labute approximate surface area is 162 Å². The summed E-state index contributed by atoms with van der Waals surface area (Å²) >= 11 is 5.47. The molecule has 0 bridgehead atoms. The fourth-order valence-electron chi connectivity index (χ4n) is 2.27. The minimum Gasteiger partial charge on any atom is -0.417 e. The lowest BCUT2D eigenvalue weighted by atomic mass is 10.2. The zero-order chi connectivity index (χ0) is 19.4. The van der Waals surface area contributed by atoms with Gasteiger partial charge < -0.3 is 13.8 Å². The Hall–Kier alpha value is -2.06. The van der Waals surface area contributed by atoms with Crippen molar-refractivity contribution in [2.75, 3.05) is 32.2 Å². The summed E-state index contributed by atoms with van der Waals surface area (Å²) in [7, 11) is 3.64. The quantitative estimate of drug-likeness (QED) is 0.513.